The van der Waals surface area contributed by atoms with Crippen LogP contribution in [0.25, 0.3) is 0 Å². The minimum atomic E-state index is -1.33. The molecule has 0 heterocycles. The average molecular weight is 310 g/mol. The van der Waals surface area contributed by atoms with Gasteiger partial charge in [-0.15, -0.1) is 0 Å². The third-order valence-electron chi connectivity index (χ3n) is 2.90. The lowest BCUT2D eigenvalue weighted by Crippen LogP contribution is -2.44. The van der Waals surface area contributed by atoms with Crippen LogP contribution in [-0.2, 0) is 9.59 Å². The molecule has 2 N–H and O–H groups in total. The first kappa shape index (κ1) is 16.8. The van der Waals surface area contributed by atoms with Crippen molar-refractivity contribution >= 4 is 43.4 Å². The molecule has 110 valence electrons. The molecule has 4 nitrogen and oxygen atoms in total. The first-order chi connectivity index (χ1) is 9.24. The summed E-state index contributed by atoms with van der Waals surface area (Å²) in [6.45, 7) is 8.20. The Kier molecular flexibility index (Phi) is 5.83. The summed E-state index contributed by atoms with van der Waals surface area (Å²) in [4.78, 5) is 23.0. The van der Waals surface area contributed by atoms with Gasteiger partial charge >= 0.3 is 0 Å². The van der Waals surface area contributed by atoms with Crippen molar-refractivity contribution in [3.8, 4) is 0 Å². The van der Waals surface area contributed by atoms with Crippen molar-refractivity contribution in [1.29, 1.82) is 0 Å². The van der Waals surface area contributed by atoms with Gasteiger partial charge in [0.25, 0.3) is 0 Å². The van der Waals surface area contributed by atoms with E-state index in [0.717, 1.165) is 5.69 Å². The van der Waals surface area contributed by atoms with Crippen LogP contribution >= 0.6 is 12.6 Å². The monoisotopic (exact) mass is 310 g/mol. The van der Waals surface area contributed by atoms with E-state index in [9.17, 15) is 9.59 Å². The molecule has 0 aromatic heterocycles. The van der Waals surface area contributed by atoms with Crippen LogP contribution < -0.4 is 15.8 Å². The maximum Gasteiger partial charge on any atom is 0.247 e. The topological polar surface area (TPSA) is 58.2 Å². The van der Waals surface area contributed by atoms with Gasteiger partial charge in [-0.25, -0.2) is 0 Å². The maximum absolute atomic E-state index is 12.0. The van der Waals surface area contributed by atoms with Crippen LogP contribution in [-0.4, -0.2) is 31.7 Å². The second kappa shape index (κ2) is 6.94. The summed E-state index contributed by atoms with van der Waals surface area (Å²) in [7, 11) is -1.33. The van der Waals surface area contributed by atoms with E-state index < -0.39 is 14.1 Å². The normalized spacial score (nSPS) is 12.7. The van der Waals surface area contributed by atoms with Gasteiger partial charge in [-0.1, -0.05) is 37.0 Å². The van der Waals surface area contributed by atoms with Crippen molar-refractivity contribution in [3.05, 3.63) is 24.3 Å². The first-order valence-electron chi connectivity index (χ1n) is 6.53. The van der Waals surface area contributed by atoms with Crippen LogP contribution in [0.5, 0.6) is 0 Å². The van der Waals surface area contributed by atoms with Gasteiger partial charge in [0.15, 0.2) is 0 Å². The number of benzene rings is 1. The number of hydrogen-bond acceptors (Lipinski definition) is 3. The highest BCUT2D eigenvalue weighted by Crippen LogP contribution is 2.09. The van der Waals surface area contributed by atoms with Gasteiger partial charge in [0.2, 0.25) is 11.8 Å². The summed E-state index contributed by atoms with van der Waals surface area (Å²) in [5.74, 6) is -0.234. The highest BCUT2D eigenvalue weighted by atomic mass is 32.1. The average Bonchev–Trinajstić information content (AvgIpc) is 2.35. The van der Waals surface area contributed by atoms with E-state index in [1.165, 1.54) is 12.1 Å². The molecule has 1 atom stereocenters. The van der Waals surface area contributed by atoms with E-state index in [1.54, 1.807) is 0 Å². The van der Waals surface area contributed by atoms with Gasteiger partial charge in [-0.05, 0) is 12.1 Å². The zero-order valence-electron chi connectivity index (χ0n) is 12.4. The molecule has 1 aromatic rings. The summed E-state index contributed by atoms with van der Waals surface area (Å²) in [6.07, 6.45) is 0. The molecule has 0 aliphatic heterocycles. The molecular formula is C14H22N2O2SSi. The smallest absolute Gasteiger partial charge is 0.247 e. The van der Waals surface area contributed by atoms with Crippen molar-refractivity contribution in [1.82, 2.24) is 5.32 Å². The standard InChI is InChI=1S/C14H22N2O2SSi/c1-10(17)15-13(9-19)14(18)16-11-5-7-12(8-6-11)20(2,3)4/h5-8,13,19H,9H2,1-4H3,(H,15,17)(H,16,18)/t13-/m0/s1. The van der Waals surface area contributed by atoms with Crippen molar-refractivity contribution in [3.63, 3.8) is 0 Å². The molecule has 0 unspecified atom stereocenters. The van der Waals surface area contributed by atoms with E-state index in [2.05, 4.69) is 55.0 Å². The number of nitrogens with one attached hydrogen (secondary N) is 2. The predicted molar refractivity (Wildman–Crippen MR) is 89.5 cm³/mol. The second-order valence-electron chi connectivity index (χ2n) is 5.75. The number of anilines is 1. The van der Waals surface area contributed by atoms with Gasteiger partial charge in [-0.2, -0.15) is 12.6 Å². The van der Waals surface area contributed by atoms with Gasteiger partial charge in [-0.3, -0.25) is 9.59 Å². The van der Waals surface area contributed by atoms with Crippen LogP contribution in [0.1, 0.15) is 6.92 Å². The lowest BCUT2D eigenvalue weighted by Gasteiger charge is -2.18. The highest BCUT2D eigenvalue weighted by Gasteiger charge is 2.19. The first-order valence-corrected chi connectivity index (χ1v) is 10.7. The minimum Gasteiger partial charge on any atom is -0.344 e. The molecule has 2 amide bonds. The summed E-state index contributed by atoms with van der Waals surface area (Å²) >= 11 is 4.08. The Morgan fingerprint density at radius 1 is 1.20 bits per heavy atom. The molecule has 0 saturated carbocycles. The highest BCUT2D eigenvalue weighted by molar-refractivity contribution is 7.80. The molecule has 0 aliphatic carbocycles. The summed E-state index contributed by atoms with van der Waals surface area (Å²) in [6, 6.07) is 7.28. The molecule has 0 saturated heterocycles. The molecule has 0 aliphatic rings. The molecule has 0 radical (unpaired) electrons. The van der Waals surface area contributed by atoms with Crippen LogP contribution in [0.15, 0.2) is 24.3 Å². The van der Waals surface area contributed by atoms with Crippen LogP contribution in [0.2, 0.25) is 19.6 Å². The third kappa shape index (κ3) is 5.01. The number of thiol groups is 1. The van der Waals surface area contributed by atoms with E-state index >= 15 is 0 Å². The maximum atomic E-state index is 12.0. The number of hydrogen-bond donors (Lipinski definition) is 3. The Morgan fingerprint density at radius 2 is 1.75 bits per heavy atom. The number of rotatable bonds is 5. The largest absolute Gasteiger partial charge is 0.344 e. The quantitative estimate of drug-likeness (QED) is 0.571. The SMILES string of the molecule is CC(=O)N[C@@H](CS)C(=O)Nc1ccc([Si](C)(C)C)cc1. The van der Waals surface area contributed by atoms with Gasteiger partial charge < -0.3 is 10.6 Å². The van der Waals surface area contributed by atoms with E-state index in [-0.39, 0.29) is 17.6 Å². The Morgan fingerprint density at radius 3 is 2.15 bits per heavy atom. The molecule has 0 fully saturated rings. The molecule has 20 heavy (non-hydrogen) atoms. The number of carbonyl (C=O) groups excluding carboxylic acids is 2. The fourth-order valence-corrected chi connectivity index (χ4v) is 3.15. The lowest BCUT2D eigenvalue weighted by molar-refractivity contribution is -0.124. The van der Waals surface area contributed by atoms with E-state index in [4.69, 9.17) is 0 Å². The zero-order chi connectivity index (χ0) is 15.3. The van der Waals surface area contributed by atoms with Crippen molar-refractivity contribution in [2.75, 3.05) is 11.1 Å². The van der Waals surface area contributed by atoms with Crippen LogP contribution in [0.3, 0.4) is 0 Å². The predicted octanol–water partition coefficient (Wildman–Crippen LogP) is 1.60. The van der Waals surface area contributed by atoms with Crippen LogP contribution in [0, 0.1) is 0 Å². The molecule has 0 spiro atoms. The van der Waals surface area contributed by atoms with E-state index in [1.807, 2.05) is 12.1 Å². The number of carbonyl (C=O) groups is 2. The Bertz CT molecular complexity index is 483. The van der Waals surface area contributed by atoms with Crippen molar-refractivity contribution < 1.29 is 9.59 Å². The Hall–Kier alpha value is -1.27. The fourth-order valence-electron chi connectivity index (χ4n) is 1.72. The summed E-state index contributed by atoms with van der Waals surface area (Å²) in [5, 5.41) is 6.69. The minimum absolute atomic E-state index is 0.242. The molecule has 1 aromatic carbocycles. The molecular weight excluding hydrogens is 288 g/mol. The van der Waals surface area contributed by atoms with Gasteiger partial charge in [0.05, 0.1) is 8.07 Å². The van der Waals surface area contributed by atoms with Crippen molar-refractivity contribution in [2.45, 2.75) is 32.6 Å². The lowest BCUT2D eigenvalue weighted by atomic mass is 10.2. The fraction of sp³-hybridized carbons (Fsp3) is 0.429. The third-order valence-corrected chi connectivity index (χ3v) is 5.33. The zero-order valence-corrected chi connectivity index (χ0v) is 14.3. The van der Waals surface area contributed by atoms with Gasteiger partial charge in [0, 0.05) is 18.4 Å². The second-order valence-corrected chi connectivity index (χ2v) is 11.2. The molecule has 6 heteroatoms. The molecule has 0 bridgehead atoms. The summed E-state index contributed by atoms with van der Waals surface area (Å²) in [5.41, 5.74) is 0.731. The van der Waals surface area contributed by atoms with Crippen LogP contribution in [0.4, 0.5) is 5.69 Å². The Labute approximate surface area is 126 Å². The van der Waals surface area contributed by atoms with E-state index in [0.29, 0.717) is 0 Å². The van der Waals surface area contributed by atoms with Crippen molar-refractivity contribution in [2.24, 2.45) is 0 Å². The molecule has 1 rings (SSSR count). The van der Waals surface area contributed by atoms with Gasteiger partial charge in [0.1, 0.15) is 6.04 Å². The Balaban J connectivity index is 2.73. The summed E-state index contributed by atoms with van der Waals surface area (Å²) < 4.78 is 0. The number of amides is 2.